The highest BCUT2D eigenvalue weighted by molar-refractivity contribution is 7.23. The Kier molecular flexibility index (Phi) is 17.3. The number of thiophene rings is 2. The number of aliphatic carboxylic acids is 1. The molecule has 0 fully saturated rings. The van der Waals surface area contributed by atoms with Crippen LogP contribution in [-0.2, 0) is 25.8 Å². The SMILES string of the molecule is CCCCCCC1(CCCCCC)c2cc(-c3ccc(/C=C/C4=CC(=C(C#N)C#N)C=C(/C=C/c5ccc(-c6ccc(/C=C(/C#N)C(=O)O)s6)s5)O4)cc3)ccc2-c2ccc(-n3c4ccc(C(C)(C)C)cc4c4cc(C(C)(C)C)ccc43)cc21. The summed E-state index contributed by atoms with van der Waals surface area (Å²) in [6, 6.07) is 51.0. The Morgan fingerprint density at radius 1 is 0.583 bits per heavy atom. The first kappa shape index (κ1) is 58.7. The van der Waals surface area contributed by atoms with E-state index in [4.69, 9.17) is 4.74 Å². The molecule has 84 heavy (non-hydrogen) atoms. The molecule has 0 radical (unpaired) electrons. The van der Waals surface area contributed by atoms with E-state index in [1.807, 2.05) is 54.6 Å². The molecule has 422 valence electrons. The Labute approximate surface area is 503 Å². The number of nitriles is 3. The molecule has 8 aromatic rings. The van der Waals surface area contributed by atoms with Gasteiger partial charge in [0.05, 0.1) is 11.0 Å². The molecule has 1 aliphatic heterocycles. The summed E-state index contributed by atoms with van der Waals surface area (Å²) in [5, 5.41) is 40.9. The van der Waals surface area contributed by atoms with Gasteiger partial charge in [0.15, 0.2) is 0 Å². The van der Waals surface area contributed by atoms with Crippen molar-refractivity contribution in [2.24, 2.45) is 0 Å². The standard InChI is InChI=1S/C75H72N4O3S2/c1-9-11-13-15-37-75(38-16-14-12-10-2)66-42-51(22-31-62(66)63-32-25-57(45-67(63)75)79-68-33-23-55(73(3,4)5)43-64(68)65-44-56(74(6,7)8)24-34-69(65)79)50-20-17-49(18-21-50)19-26-58-39-52(54(47-77)48-78)40-59(82-58)27-28-60-29-35-70(83-60)71-36-30-61(84-71)41-53(46-76)72(80)81/h17-36,39-45H,9-16,37-38H2,1-8H3,(H,80,81)/b26-19+,28-27+,53-41-. The Balaban J connectivity index is 0.954. The molecule has 2 aliphatic rings. The molecule has 10 rings (SSSR count). The fourth-order valence-electron chi connectivity index (χ4n) is 12.0. The molecule has 0 amide bonds. The molecule has 0 atom stereocenters. The van der Waals surface area contributed by atoms with Crippen molar-refractivity contribution < 1.29 is 14.6 Å². The third-order valence-corrected chi connectivity index (χ3v) is 18.9. The van der Waals surface area contributed by atoms with Crippen molar-refractivity contribution in [3.05, 3.63) is 211 Å². The first-order valence-electron chi connectivity index (χ1n) is 29.5. The zero-order chi connectivity index (χ0) is 59.3. The van der Waals surface area contributed by atoms with Crippen LogP contribution in [0.15, 0.2) is 174 Å². The molecule has 7 nitrogen and oxygen atoms in total. The van der Waals surface area contributed by atoms with E-state index in [2.05, 4.69) is 157 Å². The van der Waals surface area contributed by atoms with Crippen LogP contribution in [0.5, 0.6) is 0 Å². The zero-order valence-electron chi connectivity index (χ0n) is 49.5. The lowest BCUT2D eigenvalue weighted by molar-refractivity contribution is -0.132. The number of ether oxygens (including phenoxy) is 1. The van der Waals surface area contributed by atoms with Crippen LogP contribution in [0.1, 0.15) is 157 Å². The van der Waals surface area contributed by atoms with Crippen LogP contribution in [0, 0.1) is 34.0 Å². The minimum atomic E-state index is -1.26. The summed E-state index contributed by atoms with van der Waals surface area (Å²) in [4.78, 5) is 14.9. The summed E-state index contributed by atoms with van der Waals surface area (Å²) in [5.74, 6) is -0.301. The second-order valence-corrected chi connectivity index (χ2v) is 26.6. The molecular weight excluding hydrogens is 1070 g/mol. The summed E-state index contributed by atoms with van der Waals surface area (Å²) in [6.45, 7) is 18.5. The summed E-state index contributed by atoms with van der Waals surface area (Å²) in [7, 11) is 0. The number of unbranched alkanes of at least 4 members (excludes halogenated alkanes) is 6. The quantitative estimate of drug-likeness (QED) is 0.0489. The lowest BCUT2D eigenvalue weighted by Crippen LogP contribution is -2.26. The largest absolute Gasteiger partial charge is 0.477 e. The fraction of sp³-hybridized carbons (Fsp3) is 0.280. The van der Waals surface area contributed by atoms with Crippen LogP contribution >= 0.6 is 22.7 Å². The van der Waals surface area contributed by atoms with E-state index in [1.165, 1.54) is 135 Å². The topological polar surface area (TPSA) is 123 Å². The molecule has 9 heteroatoms. The highest BCUT2D eigenvalue weighted by atomic mass is 32.1. The molecule has 3 aromatic heterocycles. The number of hydrogen-bond donors (Lipinski definition) is 1. The van der Waals surface area contributed by atoms with Crippen LogP contribution in [0.25, 0.3) is 77.7 Å². The van der Waals surface area contributed by atoms with Crippen LogP contribution in [0.2, 0.25) is 0 Å². The van der Waals surface area contributed by atoms with Crippen molar-refractivity contribution in [2.45, 2.75) is 136 Å². The summed E-state index contributed by atoms with van der Waals surface area (Å²) in [5.41, 5.74) is 15.4. The predicted octanol–water partition coefficient (Wildman–Crippen LogP) is 20.9. The van der Waals surface area contributed by atoms with Gasteiger partial charge in [-0.2, -0.15) is 15.8 Å². The van der Waals surface area contributed by atoms with Gasteiger partial charge in [0, 0.05) is 47.0 Å². The Morgan fingerprint density at radius 3 is 1.67 bits per heavy atom. The van der Waals surface area contributed by atoms with Gasteiger partial charge in [0.2, 0.25) is 0 Å². The van der Waals surface area contributed by atoms with Gasteiger partial charge in [-0.1, -0.05) is 167 Å². The maximum Gasteiger partial charge on any atom is 0.346 e. The summed E-state index contributed by atoms with van der Waals surface area (Å²) in [6.07, 6.45) is 24.2. The summed E-state index contributed by atoms with van der Waals surface area (Å²) < 4.78 is 8.88. The number of carboxylic acids is 1. The van der Waals surface area contributed by atoms with Crippen molar-refractivity contribution in [3.8, 4) is 55.9 Å². The smallest absolute Gasteiger partial charge is 0.346 e. The van der Waals surface area contributed by atoms with E-state index in [0.717, 1.165) is 38.6 Å². The van der Waals surface area contributed by atoms with Crippen LogP contribution in [0.3, 0.4) is 0 Å². The average molecular weight is 1140 g/mol. The second kappa shape index (κ2) is 24.7. The fourth-order valence-corrected chi connectivity index (χ4v) is 13.9. The molecule has 5 aromatic carbocycles. The molecular formula is C75H72N4O3S2. The minimum Gasteiger partial charge on any atom is -0.477 e. The van der Waals surface area contributed by atoms with E-state index in [-0.39, 0.29) is 27.4 Å². The number of fused-ring (bicyclic) bond motifs is 6. The molecule has 0 unspecified atom stereocenters. The Bertz CT molecular complexity index is 4070. The van der Waals surface area contributed by atoms with Crippen LogP contribution in [0.4, 0.5) is 0 Å². The van der Waals surface area contributed by atoms with Gasteiger partial charge in [-0.3, -0.25) is 0 Å². The Hall–Kier alpha value is -8.52. The lowest BCUT2D eigenvalue weighted by atomic mass is 9.70. The highest BCUT2D eigenvalue weighted by Gasteiger charge is 2.43. The van der Waals surface area contributed by atoms with Gasteiger partial charge in [0.25, 0.3) is 0 Å². The van der Waals surface area contributed by atoms with Crippen molar-refractivity contribution in [1.29, 1.82) is 15.8 Å². The van der Waals surface area contributed by atoms with Gasteiger partial charge in [0.1, 0.15) is 40.9 Å². The van der Waals surface area contributed by atoms with Gasteiger partial charge in [-0.25, -0.2) is 4.79 Å². The van der Waals surface area contributed by atoms with E-state index < -0.39 is 5.97 Å². The van der Waals surface area contributed by atoms with Crippen LogP contribution < -0.4 is 0 Å². The number of rotatable bonds is 19. The van der Waals surface area contributed by atoms with Crippen molar-refractivity contribution >= 4 is 68.7 Å². The Morgan fingerprint density at radius 2 is 1.12 bits per heavy atom. The van der Waals surface area contributed by atoms with Crippen LogP contribution in [-0.4, -0.2) is 15.6 Å². The lowest BCUT2D eigenvalue weighted by Gasteiger charge is -2.33. The molecule has 0 saturated heterocycles. The number of aromatic nitrogens is 1. The number of allylic oxidation sites excluding steroid dienone is 6. The molecule has 0 saturated carbocycles. The molecule has 0 spiro atoms. The zero-order valence-corrected chi connectivity index (χ0v) is 51.2. The molecule has 1 aliphatic carbocycles. The average Bonchev–Trinajstić information content (AvgIpc) is 1.68. The number of benzene rings is 5. The summed E-state index contributed by atoms with van der Waals surface area (Å²) >= 11 is 2.95. The molecule has 4 heterocycles. The van der Waals surface area contributed by atoms with Crippen molar-refractivity contribution in [3.63, 3.8) is 0 Å². The maximum atomic E-state index is 11.4. The first-order valence-corrected chi connectivity index (χ1v) is 31.1. The van der Waals surface area contributed by atoms with E-state index >= 15 is 0 Å². The molecule has 0 bridgehead atoms. The third kappa shape index (κ3) is 12.3. The normalized spacial score (nSPS) is 14.1. The number of hydrogen-bond acceptors (Lipinski definition) is 7. The monoisotopic (exact) mass is 1140 g/mol. The van der Waals surface area contributed by atoms with E-state index in [9.17, 15) is 25.7 Å². The number of carbonyl (C=O) groups is 1. The first-order chi connectivity index (χ1) is 40.4. The minimum absolute atomic E-state index is 0.0146. The van der Waals surface area contributed by atoms with E-state index in [1.54, 1.807) is 35.6 Å². The van der Waals surface area contributed by atoms with Crippen molar-refractivity contribution in [2.75, 3.05) is 0 Å². The van der Waals surface area contributed by atoms with Gasteiger partial charge < -0.3 is 14.4 Å². The van der Waals surface area contributed by atoms with Crippen molar-refractivity contribution in [1.82, 2.24) is 4.57 Å². The van der Waals surface area contributed by atoms with E-state index in [0.29, 0.717) is 22.0 Å². The molecule has 1 N–H and O–H groups in total. The highest BCUT2D eigenvalue weighted by Crippen LogP contribution is 2.56. The number of nitrogens with zero attached hydrogens (tertiary/aromatic N) is 4. The van der Waals surface area contributed by atoms with Gasteiger partial charge in [-0.15, -0.1) is 22.7 Å². The van der Waals surface area contributed by atoms with Gasteiger partial charge >= 0.3 is 5.97 Å². The second-order valence-electron chi connectivity index (χ2n) is 24.4. The predicted molar refractivity (Wildman–Crippen MR) is 350 cm³/mol. The maximum absolute atomic E-state index is 11.4. The number of carboxylic acid groups (broad SMARTS) is 1. The van der Waals surface area contributed by atoms with Gasteiger partial charge in [-0.05, 0) is 177 Å². The third-order valence-electron chi connectivity index (χ3n) is 16.6.